The van der Waals surface area contributed by atoms with Crippen LogP contribution in [0.1, 0.15) is 26.3 Å². The molecule has 20 heavy (non-hydrogen) atoms. The number of amides is 1. The lowest BCUT2D eigenvalue weighted by Crippen LogP contribution is -2.41. The molecule has 2 N–H and O–H groups in total. The SMILES string of the molecule is CCN(Cc1ccc(Cl)c(Cl)c1)C(=O)C(C)C(C)N.Cl. The first-order valence-electron chi connectivity index (χ1n) is 6.35. The average molecular weight is 340 g/mol. The maximum atomic E-state index is 12.3. The lowest BCUT2D eigenvalue weighted by atomic mass is 10.0. The van der Waals surface area contributed by atoms with E-state index >= 15 is 0 Å². The molecule has 0 spiro atoms. The number of carbonyl (C=O) groups is 1. The topological polar surface area (TPSA) is 46.3 Å². The van der Waals surface area contributed by atoms with E-state index in [0.29, 0.717) is 23.1 Å². The molecule has 0 fully saturated rings. The van der Waals surface area contributed by atoms with Crippen LogP contribution >= 0.6 is 35.6 Å². The van der Waals surface area contributed by atoms with Gasteiger partial charge < -0.3 is 10.6 Å². The predicted molar refractivity (Wildman–Crippen MR) is 87.6 cm³/mol. The predicted octanol–water partition coefficient (Wildman–Crippen LogP) is 3.75. The summed E-state index contributed by atoms with van der Waals surface area (Å²) in [6, 6.07) is 5.25. The molecule has 2 atom stereocenters. The van der Waals surface area contributed by atoms with Gasteiger partial charge in [-0.1, -0.05) is 36.2 Å². The molecular weight excluding hydrogens is 319 g/mol. The van der Waals surface area contributed by atoms with Crippen molar-refractivity contribution in [3.05, 3.63) is 33.8 Å². The van der Waals surface area contributed by atoms with Gasteiger partial charge in [-0.05, 0) is 31.5 Å². The zero-order valence-electron chi connectivity index (χ0n) is 11.9. The Labute approximate surface area is 136 Å². The summed E-state index contributed by atoms with van der Waals surface area (Å²) in [5.74, 6) is -0.133. The van der Waals surface area contributed by atoms with Gasteiger partial charge in [0.05, 0.1) is 16.0 Å². The van der Waals surface area contributed by atoms with Crippen LogP contribution < -0.4 is 5.73 Å². The molecule has 0 aliphatic heterocycles. The van der Waals surface area contributed by atoms with Gasteiger partial charge in [0.1, 0.15) is 0 Å². The molecule has 6 heteroatoms. The second-order valence-corrected chi connectivity index (χ2v) is 5.56. The number of nitrogens with zero attached hydrogens (tertiary/aromatic N) is 1. The minimum atomic E-state index is -0.192. The molecule has 1 aromatic rings. The highest BCUT2D eigenvalue weighted by Crippen LogP contribution is 2.23. The number of carbonyl (C=O) groups excluding carboxylic acids is 1. The molecule has 1 rings (SSSR count). The van der Waals surface area contributed by atoms with Crippen LogP contribution in [0.3, 0.4) is 0 Å². The van der Waals surface area contributed by atoms with Gasteiger partial charge >= 0.3 is 0 Å². The van der Waals surface area contributed by atoms with E-state index in [-0.39, 0.29) is 30.3 Å². The van der Waals surface area contributed by atoms with Gasteiger partial charge in [0.25, 0.3) is 0 Å². The van der Waals surface area contributed by atoms with Crippen molar-refractivity contribution in [1.82, 2.24) is 4.90 Å². The lowest BCUT2D eigenvalue weighted by molar-refractivity contribution is -0.135. The first-order valence-corrected chi connectivity index (χ1v) is 7.10. The molecule has 3 nitrogen and oxygen atoms in total. The Hall–Kier alpha value is -0.480. The Kier molecular flexibility index (Phi) is 8.52. The zero-order valence-corrected chi connectivity index (χ0v) is 14.2. The summed E-state index contributed by atoms with van der Waals surface area (Å²) in [6.07, 6.45) is 0. The lowest BCUT2D eigenvalue weighted by Gasteiger charge is -2.26. The van der Waals surface area contributed by atoms with Gasteiger partial charge in [-0.15, -0.1) is 12.4 Å². The van der Waals surface area contributed by atoms with Crippen molar-refractivity contribution in [1.29, 1.82) is 0 Å². The van der Waals surface area contributed by atoms with E-state index in [1.54, 1.807) is 17.0 Å². The zero-order chi connectivity index (χ0) is 14.6. The molecule has 0 aromatic heterocycles. The maximum absolute atomic E-state index is 12.3. The van der Waals surface area contributed by atoms with E-state index in [0.717, 1.165) is 5.56 Å². The standard InChI is InChI=1S/C14H20Cl2N2O.ClH/c1-4-18(14(19)9(2)10(3)17)8-11-5-6-12(15)13(16)7-11;/h5-7,9-10H,4,8,17H2,1-3H3;1H. The molecule has 1 amide bonds. The normalized spacial score (nSPS) is 13.3. The van der Waals surface area contributed by atoms with Crippen LogP contribution in [0.25, 0.3) is 0 Å². The Morgan fingerprint density at radius 2 is 1.90 bits per heavy atom. The number of nitrogens with two attached hydrogens (primary N) is 1. The first-order chi connectivity index (χ1) is 8.86. The summed E-state index contributed by atoms with van der Waals surface area (Å²) in [5.41, 5.74) is 6.74. The largest absolute Gasteiger partial charge is 0.338 e. The monoisotopic (exact) mass is 338 g/mol. The van der Waals surface area contributed by atoms with Gasteiger partial charge in [-0.25, -0.2) is 0 Å². The van der Waals surface area contributed by atoms with E-state index in [1.807, 2.05) is 26.8 Å². The highest BCUT2D eigenvalue weighted by molar-refractivity contribution is 6.42. The summed E-state index contributed by atoms with van der Waals surface area (Å²) in [5, 5.41) is 1.02. The van der Waals surface area contributed by atoms with Gasteiger partial charge in [0, 0.05) is 19.1 Å². The average Bonchev–Trinajstić information content (AvgIpc) is 2.38. The van der Waals surface area contributed by atoms with Gasteiger partial charge in [0.15, 0.2) is 0 Å². The summed E-state index contributed by atoms with van der Waals surface area (Å²) < 4.78 is 0. The molecule has 114 valence electrons. The molecule has 0 aliphatic carbocycles. The van der Waals surface area contributed by atoms with Crippen LogP contribution in [0.5, 0.6) is 0 Å². The molecule has 2 unspecified atom stereocenters. The number of benzene rings is 1. The molecule has 1 aromatic carbocycles. The molecule has 0 saturated heterocycles. The fourth-order valence-electron chi connectivity index (χ4n) is 1.72. The van der Waals surface area contributed by atoms with Gasteiger partial charge in [-0.2, -0.15) is 0 Å². The van der Waals surface area contributed by atoms with Crippen molar-refractivity contribution in [2.75, 3.05) is 6.54 Å². The molecule has 0 heterocycles. The highest BCUT2D eigenvalue weighted by atomic mass is 35.5. The van der Waals surface area contributed by atoms with Crippen LogP contribution in [0.2, 0.25) is 10.0 Å². The fourth-order valence-corrected chi connectivity index (χ4v) is 2.04. The Bertz CT molecular complexity index is 452. The van der Waals surface area contributed by atoms with Crippen molar-refractivity contribution in [2.45, 2.75) is 33.4 Å². The molecule has 0 saturated carbocycles. The summed E-state index contributed by atoms with van der Waals surface area (Å²) in [7, 11) is 0. The smallest absolute Gasteiger partial charge is 0.227 e. The van der Waals surface area contributed by atoms with Crippen LogP contribution in [0.15, 0.2) is 18.2 Å². The first kappa shape index (κ1) is 19.5. The Morgan fingerprint density at radius 3 is 2.35 bits per heavy atom. The van der Waals surface area contributed by atoms with Crippen LogP contribution in [-0.4, -0.2) is 23.4 Å². The quantitative estimate of drug-likeness (QED) is 0.888. The van der Waals surface area contributed by atoms with Crippen LogP contribution in [0, 0.1) is 5.92 Å². The molecule has 0 bridgehead atoms. The summed E-state index contributed by atoms with van der Waals surface area (Å²) in [4.78, 5) is 14.0. The Morgan fingerprint density at radius 1 is 1.30 bits per heavy atom. The Balaban J connectivity index is 0.00000361. The summed E-state index contributed by atoms with van der Waals surface area (Å²) >= 11 is 11.9. The van der Waals surface area contributed by atoms with E-state index < -0.39 is 0 Å². The number of halogens is 3. The minimum absolute atomic E-state index is 0. The molecule has 0 aliphatic rings. The van der Waals surface area contributed by atoms with E-state index in [9.17, 15) is 4.79 Å². The second kappa shape index (κ2) is 8.73. The van der Waals surface area contributed by atoms with E-state index in [1.165, 1.54) is 0 Å². The molecular formula is C14H21Cl3N2O. The second-order valence-electron chi connectivity index (χ2n) is 4.75. The third-order valence-corrected chi connectivity index (χ3v) is 3.97. The third kappa shape index (κ3) is 5.13. The number of hydrogen-bond acceptors (Lipinski definition) is 2. The van der Waals surface area contributed by atoms with Gasteiger partial charge in [-0.3, -0.25) is 4.79 Å². The van der Waals surface area contributed by atoms with Gasteiger partial charge in [0.2, 0.25) is 5.91 Å². The highest BCUT2D eigenvalue weighted by Gasteiger charge is 2.22. The summed E-state index contributed by atoms with van der Waals surface area (Å²) in [6.45, 7) is 6.79. The molecule has 0 radical (unpaired) electrons. The van der Waals surface area contributed by atoms with Crippen molar-refractivity contribution >= 4 is 41.5 Å². The van der Waals surface area contributed by atoms with Crippen molar-refractivity contribution < 1.29 is 4.79 Å². The van der Waals surface area contributed by atoms with E-state index in [2.05, 4.69) is 0 Å². The van der Waals surface area contributed by atoms with Crippen LogP contribution in [-0.2, 0) is 11.3 Å². The third-order valence-electron chi connectivity index (χ3n) is 3.23. The van der Waals surface area contributed by atoms with Crippen molar-refractivity contribution in [2.24, 2.45) is 11.7 Å². The van der Waals surface area contributed by atoms with Crippen LogP contribution in [0.4, 0.5) is 0 Å². The van der Waals surface area contributed by atoms with Crippen molar-refractivity contribution in [3.63, 3.8) is 0 Å². The van der Waals surface area contributed by atoms with E-state index in [4.69, 9.17) is 28.9 Å². The fraction of sp³-hybridized carbons (Fsp3) is 0.500. The minimum Gasteiger partial charge on any atom is -0.338 e. The number of rotatable bonds is 5. The van der Waals surface area contributed by atoms with Crippen molar-refractivity contribution in [3.8, 4) is 0 Å². The number of hydrogen-bond donors (Lipinski definition) is 1. The maximum Gasteiger partial charge on any atom is 0.227 e.